The smallest absolute Gasteiger partial charge is 0.225 e. The third-order valence-corrected chi connectivity index (χ3v) is 4.13. The van der Waals surface area contributed by atoms with Crippen molar-refractivity contribution in [3.63, 3.8) is 0 Å². The van der Waals surface area contributed by atoms with E-state index in [2.05, 4.69) is 15.9 Å². The number of hydrogen-bond acceptors (Lipinski definition) is 2. The SMILES string of the molecule is NS(=O)(=O)c1c(I)ccc(Br)c1F. The molecule has 1 rings (SSSR count). The first-order valence-corrected chi connectivity index (χ1v) is 6.42. The lowest BCUT2D eigenvalue weighted by Gasteiger charge is -2.04. The van der Waals surface area contributed by atoms with Crippen molar-refractivity contribution in [3.8, 4) is 0 Å². The van der Waals surface area contributed by atoms with Gasteiger partial charge in [0.05, 0.1) is 4.47 Å². The Morgan fingerprint density at radius 3 is 2.38 bits per heavy atom. The number of sulfonamides is 1. The molecule has 3 nitrogen and oxygen atoms in total. The Kier molecular flexibility index (Phi) is 3.31. The van der Waals surface area contributed by atoms with Crippen molar-refractivity contribution in [1.29, 1.82) is 0 Å². The number of primary sulfonamides is 1. The number of halogens is 3. The zero-order chi connectivity index (χ0) is 10.2. The average molecular weight is 380 g/mol. The maximum Gasteiger partial charge on any atom is 0.242 e. The molecular formula is C6H4BrFINO2S. The van der Waals surface area contributed by atoms with Gasteiger partial charge in [0.25, 0.3) is 0 Å². The third kappa shape index (κ3) is 2.39. The van der Waals surface area contributed by atoms with Crippen molar-refractivity contribution in [3.05, 3.63) is 26.0 Å². The van der Waals surface area contributed by atoms with E-state index in [0.29, 0.717) is 0 Å². The molecule has 0 heterocycles. The normalized spacial score (nSPS) is 11.7. The van der Waals surface area contributed by atoms with E-state index < -0.39 is 20.7 Å². The van der Waals surface area contributed by atoms with Gasteiger partial charge in [0.1, 0.15) is 4.90 Å². The summed E-state index contributed by atoms with van der Waals surface area (Å²) >= 11 is 4.58. The summed E-state index contributed by atoms with van der Waals surface area (Å²) in [6.45, 7) is 0. The highest BCUT2D eigenvalue weighted by atomic mass is 127. The van der Waals surface area contributed by atoms with Crippen LogP contribution in [0, 0.1) is 9.39 Å². The fourth-order valence-corrected chi connectivity index (χ4v) is 3.27. The highest BCUT2D eigenvalue weighted by Gasteiger charge is 2.20. The largest absolute Gasteiger partial charge is 0.242 e. The van der Waals surface area contributed by atoms with Crippen LogP contribution in [0.2, 0.25) is 0 Å². The molecule has 7 heteroatoms. The van der Waals surface area contributed by atoms with E-state index >= 15 is 0 Å². The van der Waals surface area contributed by atoms with Crippen LogP contribution >= 0.6 is 38.5 Å². The lowest BCUT2D eigenvalue weighted by atomic mass is 10.3. The minimum atomic E-state index is -4.00. The van der Waals surface area contributed by atoms with Crippen molar-refractivity contribution in [2.45, 2.75) is 4.90 Å². The van der Waals surface area contributed by atoms with Crippen molar-refractivity contribution >= 4 is 48.5 Å². The second-order valence-electron chi connectivity index (χ2n) is 2.22. The number of nitrogens with two attached hydrogens (primary N) is 1. The predicted molar refractivity (Wildman–Crippen MR) is 58.2 cm³/mol. The Morgan fingerprint density at radius 1 is 1.46 bits per heavy atom. The molecule has 0 aliphatic carbocycles. The first kappa shape index (κ1) is 11.3. The van der Waals surface area contributed by atoms with Gasteiger partial charge in [-0.1, -0.05) is 0 Å². The van der Waals surface area contributed by atoms with Crippen molar-refractivity contribution in [1.82, 2.24) is 0 Å². The number of benzene rings is 1. The first-order valence-electron chi connectivity index (χ1n) is 3.00. The van der Waals surface area contributed by atoms with E-state index in [0.717, 1.165) is 0 Å². The molecule has 0 radical (unpaired) electrons. The Labute approximate surface area is 96.8 Å². The summed E-state index contributed by atoms with van der Waals surface area (Å²) in [5, 5.41) is 4.83. The van der Waals surface area contributed by atoms with Crippen LogP contribution in [0.25, 0.3) is 0 Å². The summed E-state index contributed by atoms with van der Waals surface area (Å²) in [4.78, 5) is -0.470. The summed E-state index contributed by atoms with van der Waals surface area (Å²) in [6.07, 6.45) is 0. The first-order chi connectivity index (χ1) is 5.84. The van der Waals surface area contributed by atoms with E-state index in [-0.39, 0.29) is 8.04 Å². The van der Waals surface area contributed by atoms with E-state index in [1.807, 2.05) is 0 Å². The molecular weight excluding hydrogens is 376 g/mol. The molecule has 0 aliphatic rings. The maximum atomic E-state index is 13.2. The van der Waals surface area contributed by atoms with Gasteiger partial charge in [0.15, 0.2) is 5.82 Å². The van der Waals surface area contributed by atoms with E-state index in [1.54, 1.807) is 22.6 Å². The van der Waals surface area contributed by atoms with Crippen molar-refractivity contribution < 1.29 is 12.8 Å². The predicted octanol–water partition coefficient (Wildman–Crippen LogP) is 1.84. The van der Waals surface area contributed by atoms with Gasteiger partial charge in [-0.05, 0) is 50.7 Å². The van der Waals surface area contributed by atoms with Gasteiger partial charge in [-0.2, -0.15) is 0 Å². The molecule has 0 bridgehead atoms. The van der Waals surface area contributed by atoms with Crippen LogP contribution in [0.5, 0.6) is 0 Å². The zero-order valence-electron chi connectivity index (χ0n) is 6.09. The highest BCUT2D eigenvalue weighted by molar-refractivity contribution is 14.1. The Morgan fingerprint density at radius 2 is 2.00 bits per heavy atom. The van der Waals surface area contributed by atoms with E-state index in [4.69, 9.17) is 5.14 Å². The standard InChI is InChI=1S/C6H4BrFINO2S/c7-3-1-2-4(9)6(5(3)8)13(10,11)12/h1-2H,(H2,10,11,12). The fourth-order valence-electron chi connectivity index (χ4n) is 0.769. The van der Waals surface area contributed by atoms with Gasteiger partial charge in [-0.15, -0.1) is 0 Å². The third-order valence-electron chi connectivity index (χ3n) is 1.29. The van der Waals surface area contributed by atoms with Crippen molar-refractivity contribution in [2.24, 2.45) is 5.14 Å². The van der Waals surface area contributed by atoms with Crippen molar-refractivity contribution in [2.75, 3.05) is 0 Å². The second-order valence-corrected chi connectivity index (χ2v) is 5.73. The molecule has 0 fully saturated rings. The minimum Gasteiger partial charge on any atom is -0.225 e. The lowest BCUT2D eigenvalue weighted by molar-refractivity contribution is 0.562. The summed E-state index contributed by atoms with van der Waals surface area (Å²) in [7, 11) is -4.00. The summed E-state index contributed by atoms with van der Waals surface area (Å²) < 4.78 is 35.5. The van der Waals surface area contributed by atoms with Crippen LogP contribution in [0.3, 0.4) is 0 Å². The number of hydrogen-bond donors (Lipinski definition) is 1. The molecule has 13 heavy (non-hydrogen) atoms. The van der Waals surface area contributed by atoms with Crippen LogP contribution in [0.1, 0.15) is 0 Å². The Bertz CT molecular complexity index is 448. The lowest BCUT2D eigenvalue weighted by Crippen LogP contribution is -2.16. The average Bonchev–Trinajstić information content (AvgIpc) is 1.95. The van der Waals surface area contributed by atoms with Crippen LogP contribution in [0.4, 0.5) is 4.39 Å². The topological polar surface area (TPSA) is 60.2 Å². The molecule has 2 N–H and O–H groups in total. The van der Waals surface area contributed by atoms with Crippen LogP contribution in [0.15, 0.2) is 21.5 Å². The van der Waals surface area contributed by atoms with E-state index in [9.17, 15) is 12.8 Å². The maximum absolute atomic E-state index is 13.2. The molecule has 0 aliphatic heterocycles. The highest BCUT2D eigenvalue weighted by Crippen LogP contribution is 2.26. The quantitative estimate of drug-likeness (QED) is 0.597. The zero-order valence-corrected chi connectivity index (χ0v) is 10.7. The molecule has 0 aromatic heterocycles. The Balaban J connectivity index is 3.62. The van der Waals surface area contributed by atoms with Gasteiger partial charge >= 0.3 is 0 Å². The molecule has 0 saturated carbocycles. The molecule has 0 spiro atoms. The van der Waals surface area contributed by atoms with E-state index in [1.165, 1.54) is 12.1 Å². The summed E-state index contributed by atoms with van der Waals surface area (Å²) in [5.41, 5.74) is 0. The molecule has 1 aromatic rings. The monoisotopic (exact) mass is 379 g/mol. The summed E-state index contributed by atoms with van der Waals surface area (Å²) in [5.74, 6) is -0.852. The molecule has 0 saturated heterocycles. The Hall–Kier alpha value is 0.270. The number of rotatable bonds is 1. The van der Waals surface area contributed by atoms with Gasteiger partial charge in [-0.3, -0.25) is 0 Å². The van der Waals surface area contributed by atoms with Gasteiger partial charge < -0.3 is 0 Å². The second kappa shape index (κ2) is 3.79. The molecule has 0 amide bonds. The molecule has 0 unspecified atom stereocenters. The summed E-state index contributed by atoms with van der Waals surface area (Å²) in [6, 6.07) is 2.89. The van der Waals surface area contributed by atoms with Crippen LogP contribution in [-0.2, 0) is 10.0 Å². The van der Waals surface area contributed by atoms with Gasteiger partial charge in [0, 0.05) is 3.57 Å². The minimum absolute atomic E-state index is 0.0805. The van der Waals surface area contributed by atoms with Gasteiger partial charge in [0.2, 0.25) is 10.0 Å². The van der Waals surface area contributed by atoms with Gasteiger partial charge in [-0.25, -0.2) is 17.9 Å². The van der Waals surface area contributed by atoms with Crippen LogP contribution in [-0.4, -0.2) is 8.42 Å². The molecule has 0 atom stereocenters. The fraction of sp³-hybridized carbons (Fsp3) is 0. The molecule has 72 valence electrons. The van der Waals surface area contributed by atoms with Crippen LogP contribution < -0.4 is 5.14 Å². The molecule has 1 aromatic carbocycles.